The van der Waals surface area contributed by atoms with Crippen molar-refractivity contribution in [3.8, 4) is 0 Å². The number of benzene rings is 1. The molecular weight excluding hydrogens is 289 g/mol. The van der Waals surface area contributed by atoms with Crippen LogP contribution in [0.2, 0.25) is 0 Å². The molecule has 0 radical (unpaired) electrons. The summed E-state index contributed by atoms with van der Waals surface area (Å²) in [5, 5.41) is 9.04. The summed E-state index contributed by atoms with van der Waals surface area (Å²) in [7, 11) is 0. The van der Waals surface area contributed by atoms with Crippen molar-refractivity contribution in [2.24, 2.45) is 0 Å². The molecule has 94 valence electrons. The first-order chi connectivity index (χ1) is 8.17. The van der Waals surface area contributed by atoms with Crippen molar-refractivity contribution in [2.75, 3.05) is 26.3 Å². The van der Waals surface area contributed by atoms with Gasteiger partial charge in [0.05, 0.1) is 19.3 Å². The van der Waals surface area contributed by atoms with Gasteiger partial charge < -0.3 is 9.84 Å². The minimum atomic E-state index is -0.235. The summed E-state index contributed by atoms with van der Waals surface area (Å²) in [6.45, 7) is 2.82. The second-order valence-electron chi connectivity index (χ2n) is 4.19. The van der Waals surface area contributed by atoms with E-state index in [2.05, 4.69) is 20.8 Å². The van der Waals surface area contributed by atoms with E-state index in [1.807, 2.05) is 6.07 Å². The highest BCUT2D eigenvalue weighted by atomic mass is 79.9. The molecule has 1 aromatic rings. The van der Waals surface area contributed by atoms with Crippen molar-refractivity contribution >= 4 is 15.9 Å². The molecule has 5 heteroatoms. The number of nitrogens with zero attached hydrogens (tertiary/aromatic N) is 1. The average Bonchev–Trinajstić information content (AvgIpc) is 2.28. The minimum Gasteiger partial charge on any atom is -0.394 e. The Morgan fingerprint density at radius 1 is 1.47 bits per heavy atom. The largest absolute Gasteiger partial charge is 0.394 e. The molecule has 0 aliphatic carbocycles. The van der Waals surface area contributed by atoms with E-state index in [0.29, 0.717) is 19.7 Å². The fraction of sp³-hybridized carbons (Fsp3) is 0.500. The van der Waals surface area contributed by atoms with E-state index < -0.39 is 0 Å². The molecule has 3 nitrogen and oxygen atoms in total. The molecular formula is C12H15BrFNO2. The van der Waals surface area contributed by atoms with Gasteiger partial charge in [-0.1, -0.05) is 15.9 Å². The molecule has 1 aliphatic heterocycles. The van der Waals surface area contributed by atoms with Crippen LogP contribution in [0, 0.1) is 5.82 Å². The van der Waals surface area contributed by atoms with Crippen LogP contribution in [0.25, 0.3) is 0 Å². The maximum atomic E-state index is 13.2. The van der Waals surface area contributed by atoms with Gasteiger partial charge in [0, 0.05) is 24.1 Å². The van der Waals surface area contributed by atoms with Crippen LogP contribution < -0.4 is 0 Å². The summed E-state index contributed by atoms with van der Waals surface area (Å²) < 4.78 is 19.3. The van der Waals surface area contributed by atoms with Crippen LogP contribution >= 0.6 is 15.9 Å². The molecule has 0 bridgehead atoms. The van der Waals surface area contributed by atoms with Crippen molar-refractivity contribution in [3.05, 3.63) is 34.1 Å². The van der Waals surface area contributed by atoms with Gasteiger partial charge >= 0.3 is 0 Å². The number of halogens is 2. The van der Waals surface area contributed by atoms with Gasteiger partial charge in [-0.05, 0) is 23.8 Å². The normalized spacial score (nSPS) is 21.7. The standard InChI is InChI=1S/C12H15BrFNO2/c13-10-3-9(4-11(14)5-10)6-15-1-2-17-12(7-15)8-16/h3-5,12,16H,1-2,6-8H2. The van der Waals surface area contributed by atoms with Gasteiger partial charge in [-0.15, -0.1) is 0 Å². The number of morpholine rings is 1. The van der Waals surface area contributed by atoms with Gasteiger partial charge in [0.15, 0.2) is 0 Å². The van der Waals surface area contributed by atoms with Gasteiger partial charge in [-0.2, -0.15) is 0 Å². The van der Waals surface area contributed by atoms with Crippen LogP contribution in [-0.4, -0.2) is 42.4 Å². The smallest absolute Gasteiger partial charge is 0.124 e. The van der Waals surface area contributed by atoms with Gasteiger partial charge in [0.1, 0.15) is 5.82 Å². The third-order valence-corrected chi connectivity index (χ3v) is 3.21. The lowest BCUT2D eigenvalue weighted by Crippen LogP contribution is -2.43. The van der Waals surface area contributed by atoms with Gasteiger partial charge in [0.25, 0.3) is 0 Å². The Kier molecular flexibility index (Phi) is 4.50. The van der Waals surface area contributed by atoms with Gasteiger partial charge in [-0.25, -0.2) is 4.39 Å². The number of hydrogen-bond acceptors (Lipinski definition) is 3. The number of aliphatic hydroxyl groups is 1. The minimum absolute atomic E-state index is 0.0311. The molecule has 1 saturated heterocycles. The number of aliphatic hydroxyl groups excluding tert-OH is 1. The predicted octanol–water partition coefficient (Wildman–Crippen LogP) is 1.78. The molecule has 1 aliphatic rings. The van der Waals surface area contributed by atoms with Crippen molar-refractivity contribution < 1.29 is 14.2 Å². The van der Waals surface area contributed by atoms with Crippen molar-refractivity contribution in [1.29, 1.82) is 0 Å². The Labute approximate surface area is 108 Å². The Hall–Kier alpha value is -0.490. The van der Waals surface area contributed by atoms with Crippen LogP contribution in [-0.2, 0) is 11.3 Å². The van der Waals surface area contributed by atoms with Gasteiger partial charge in [-0.3, -0.25) is 4.90 Å². The summed E-state index contributed by atoms with van der Waals surface area (Å²) in [5.74, 6) is -0.235. The topological polar surface area (TPSA) is 32.7 Å². The first-order valence-corrected chi connectivity index (χ1v) is 6.36. The van der Waals surface area contributed by atoms with E-state index in [-0.39, 0.29) is 18.5 Å². The number of rotatable bonds is 3. The highest BCUT2D eigenvalue weighted by Gasteiger charge is 2.19. The molecule has 0 aromatic heterocycles. The van der Waals surface area contributed by atoms with E-state index in [1.165, 1.54) is 12.1 Å². The summed E-state index contributed by atoms with van der Waals surface area (Å²) in [5.41, 5.74) is 0.926. The molecule has 1 aromatic carbocycles. The van der Waals surface area contributed by atoms with E-state index in [1.54, 1.807) is 0 Å². The second kappa shape index (κ2) is 5.91. The summed E-state index contributed by atoms with van der Waals surface area (Å²) >= 11 is 3.28. The van der Waals surface area contributed by atoms with E-state index in [9.17, 15) is 4.39 Å². The summed E-state index contributed by atoms with van der Waals surface area (Å²) in [6, 6.07) is 4.89. The lowest BCUT2D eigenvalue weighted by Gasteiger charge is -2.32. The highest BCUT2D eigenvalue weighted by molar-refractivity contribution is 9.10. The molecule has 0 saturated carbocycles. The fourth-order valence-electron chi connectivity index (χ4n) is 1.99. The van der Waals surface area contributed by atoms with E-state index in [0.717, 1.165) is 16.6 Å². The summed E-state index contributed by atoms with van der Waals surface area (Å²) in [6.07, 6.45) is -0.124. The van der Waals surface area contributed by atoms with Crippen LogP contribution in [0.15, 0.2) is 22.7 Å². The van der Waals surface area contributed by atoms with Gasteiger partial charge in [0.2, 0.25) is 0 Å². The van der Waals surface area contributed by atoms with Crippen molar-refractivity contribution in [2.45, 2.75) is 12.6 Å². The molecule has 1 atom stereocenters. The Bertz CT molecular complexity index is 369. The van der Waals surface area contributed by atoms with E-state index >= 15 is 0 Å². The molecule has 0 amide bonds. The van der Waals surface area contributed by atoms with Crippen LogP contribution in [0.5, 0.6) is 0 Å². The molecule has 1 fully saturated rings. The second-order valence-corrected chi connectivity index (χ2v) is 5.10. The maximum Gasteiger partial charge on any atom is 0.124 e. The Balaban J connectivity index is 2.00. The van der Waals surface area contributed by atoms with E-state index in [4.69, 9.17) is 9.84 Å². The lowest BCUT2D eigenvalue weighted by molar-refractivity contribution is -0.0551. The third kappa shape index (κ3) is 3.74. The quantitative estimate of drug-likeness (QED) is 0.924. The fourth-order valence-corrected chi connectivity index (χ4v) is 2.51. The van der Waals surface area contributed by atoms with Crippen LogP contribution in [0.1, 0.15) is 5.56 Å². The zero-order chi connectivity index (χ0) is 12.3. The molecule has 1 unspecified atom stereocenters. The molecule has 1 N–H and O–H groups in total. The van der Waals surface area contributed by atoms with Crippen molar-refractivity contribution in [1.82, 2.24) is 4.90 Å². The van der Waals surface area contributed by atoms with Crippen molar-refractivity contribution in [3.63, 3.8) is 0 Å². The Morgan fingerprint density at radius 2 is 2.29 bits per heavy atom. The first-order valence-electron chi connectivity index (χ1n) is 5.57. The number of ether oxygens (including phenoxy) is 1. The molecule has 17 heavy (non-hydrogen) atoms. The predicted molar refractivity (Wildman–Crippen MR) is 66.2 cm³/mol. The average molecular weight is 304 g/mol. The zero-order valence-electron chi connectivity index (χ0n) is 9.40. The molecule has 0 spiro atoms. The maximum absolute atomic E-state index is 13.2. The first kappa shape index (κ1) is 13.0. The zero-order valence-corrected chi connectivity index (χ0v) is 11.0. The van der Waals surface area contributed by atoms with Crippen LogP contribution in [0.4, 0.5) is 4.39 Å². The monoisotopic (exact) mass is 303 g/mol. The summed E-state index contributed by atoms with van der Waals surface area (Å²) in [4.78, 5) is 2.16. The Morgan fingerprint density at radius 3 is 3.00 bits per heavy atom. The highest BCUT2D eigenvalue weighted by Crippen LogP contribution is 2.17. The third-order valence-electron chi connectivity index (χ3n) is 2.76. The molecule has 1 heterocycles. The lowest BCUT2D eigenvalue weighted by atomic mass is 10.2. The number of hydrogen-bond donors (Lipinski definition) is 1. The molecule has 2 rings (SSSR count). The SMILES string of the molecule is OCC1CN(Cc2cc(F)cc(Br)c2)CCO1. The van der Waals surface area contributed by atoms with Crippen LogP contribution in [0.3, 0.4) is 0 Å².